The van der Waals surface area contributed by atoms with Crippen LogP contribution in [0.15, 0.2) is 24.3 Å². The maximum absolute atomic E-state index is 12.8. The van der Waals surface area contributed by atoms with Crippen molar-refractivity contribution in [2.45, 2.75) is 24.6 Å². The number of carbonyl (C=O) groups excluding carboxylic acids is 1. The summed E-state index contributed by atoms with van der Waals surface area (Å²) in [5.41, 5.74) is 0.816. The van der Waals surface area contributed by atoms with Gasteiger partial charge < -0.3 is 10.2 Å². The Morgan fingerprint density at radius 2 is 1.86 bits per heavy atom. The molecule has 0 radical (unpaired) electrons. The minimum Gasteiger partial charge on any atom is -0.334 e. The van der Waals surface area contributed by atoms with Gasteiger partial charge in [-0.2, -0.15) is 0 Å². The molecule has 1 aromatic carbocycles. The zero-order chi connectivity index (χ0) is 15.5. The molecule has 1 saturated heterocycles. The van der Waals surface area contributed by atoms with Crippen LogP contribution in [0.25, 0.3) is 0 Å². The van der Waals surface area contributed by atoms with Gasteiger partial charge in [0.2, 0.25) is 0 Å². The summed E-state index contributed by atoms with van der Waals surface area (Å²) < 4.78 is 35.7. The lowest BCUT2D eigenvalue weighted by molar-refractivity contribution is 0.186. The Hall–Kier alpha value is -1.63. The largest absolute Gasteiger partial charge is 0.334 e. The third-order valence-electron chi connectivity index (χ3n) is 3.69. The molecule has 2 amide bonds. The van der Waals surface area contributed by atoms with Gasteiger partial charge in [-0.25, -0.2) is 17.6 Å². The Kier molecular flexibility index (Phi) is 4.82. The quantitative estimate of drug-likeness (QED) is 0.920. The normalized spacial score (nSPS) is 16.8. The summed E-state index contributed by atoms with van der Waals surface area (Å²) in [4.78, 5) is 13.6. The van der Waals surface area contributed by atoms with Gasteiger partial charge in [0.05, 0.1) is 5.25 Å². The smallest absolute Gasteiger partial charge is 0.317 e. The van der Waals surface area contributed by atoms with E-state index in [4.69, 9.17) is 0 Å². The second kappa shape index (κ2) is 6.43. The highest BCUT2D eigenvalue weighted by molar-refractivity contribution is 7.91. The predicted molar refractivity (Wildman–Crippen MR) is 78.1 cm³/mol. The molecule has 0 atom stereocenters. The first-order chi connectivity index (χ1) is 9.86. The summed E-state index contributed by atoms with van der Waals surface area (Å²) in [5.74, 6) is -0.312. The standard InChI is InChI=1S/C14H19FN2O3S/c1-21(19,20)13-6-8-17(9-7-13)14(18)16-10-11-2-4-12(15)5-3-11/h2-5,13H,6-10H2,1H3,(H,16,18). The molecule has 0 saturated carbocycles. The average Bonchev–Trinajstić information content (AvgIpc) is 2.45. The van der Waals surface area contributed by atoms with Crippen molar-refractivity contribution >= 4 is 15.9 Å². The van der Waals surface area contributed by atoms with Crippen molar-refractivity contribution in [3.8, 4) is 0 Å². The zero-order valence-corrected chi connectivity index (χ0v) is 12.7. The molecule has 5 nitrogen and oxygen atoms in total. The van der Waals surface area contributed by atoms with Crippen molar-refractivity contribution in [1.82, 2.24) is 10.2 Å². The van der Waals surface area contributed by atoms with Gasteiger partial charge in [-0.3, -0.25) is 0 Å². The Bertz CT molecular complexity index is 593. The number of urea groups is 1. The summed E-state index contributed by atoms with van der Waals surface area (Å²) in [5, 5.41) is 2.41. The molecule has 1 fully saturated rings. The van der Waals surface area contributed by atoms with Crippen molar-refractivity contribution in [3.05, 3.63) is 35.6 Å². The van der Waals surface area contributed by atoms with E-state index < -0.39 is 9.84 Å². The van der Waals surface area contributed by atoms with Gasteiger partial charge in [0, 0.05) is 25.9 Å². The fraction of sp³-hybridized carbons (Fsp3) is 0.500. The van der Waals surface area contributed by atoms with Crippen LogP contribution in [0.2, 0.25) is 0 Å². The molecule has 7 heteroatoms. The maximum atomic E-state index is 12.8. The van der Waals surface area contributed by atoms with Crippen LogP contribution in [0.3, 0.4) is 0 Å². The molecule has 21 heavy (non-hydrogen) atoms. The number of rotatable bonds is 3. The number of sulfone groups is 1. The molecule has 2 rings (SSSR count). The van der Waals surface area contributed by atoms with Crippen molar-refractivity contribution in [2.75, 3.05) is 19.3 Å². The Morgan fingerprint density at radius 3 is 2.38 bits per heavy atom. The van der Waals surface area contributed by atoms with Crippen LogP contribution < -0.4 is 5.32 Å². The van der Waals surface area contributed by atoms with E-state index in [9.17, 15) is 17.6 Å². The number of nitrogens with one attached hydrogen (secondary N) is 1. The molecular weight excluding hydrogens is 295 g/mol. The Labute approximate surface area is 124 Å². The number of piperidine rings is 1. The molecular formula is C14H19FN2O3S. The number of amides is 2. The van der Waals surface area contributed by atoms with Gasteiger partial charge >= 0.3 is 6.03 Å². The molecule has 1 N–H and O–H groups in total. The summed E-state index contributed by atoms with van der Waals surface area (Å²) in [6.07, 6.45) is 2.19. The molecule has 1 aliphatic rings. The Morgan fingerprint density at radius 1 is 1.29 bits per heavy atom. The van der Waals surface area contributed by atoms with Gasteiger partial charge in [-0.1, -0.05) is 12.1 Å². The minimum atomic E-state index is -3.03. The molecule has 0 spiro atoms. The van der Waals surface area contributed by atoms with Gasteiger partial charge in [-0.15, -0.1) is 0 Å². The topological polar surface area (TPSA) is 66.5 Å². The van der Waals surface area contributed by atoms with Crippen LogP contribution >= 0.6 is 0 Å². The van der Waals surface area contributed by atoms with Crippen LogP contribution in [-0.2, 0) is 16.4 Å². The first kappa shape index (κ1) is 15.8. The molecule has 0 bridgehead atoms. The van der Waals surface area contributed by atoms with E-state index in [1.165, 1.54) is 18.4 Å². The average molecular weight is 314 g/mol. The van der Waals surface area contributed by atoms with Crippen molar-refractivity contribution in [3.63, 3.8) is 0 Å². The van der Waals surface area contributed by atoms with Crippen LogP contribution in [-0.4, -0.2) is 43.9 Å². The highest BCUT2D eigenvalue weighted by Gasteiger charge is 2.28. The fourth-order valence-electron chi connectivity index (χ4n) is 2.38. The number of benzene rings is 1. The highest BCUT2D eigenvalue weighted by atomic mass is 32.2. The molecule has 1 aromatic rings. The summed E-state index contributed by atoms with van der Waals surface area (Å²) in [6, 6.07) is 5.71. The third-order valence-corrected chi connectivity index (χ3v) is 5.37. The lowest BCUT2D eigenvalue weighted by Crippen LogP contribution is -2.46. The number of likely N-dealkylation sites (tertiary alicyclic amines) is 1. The van der Waals surface area contributed by atoms with E-state index in [-0.39, 0.29) is 17.1 Å². The first-order valence-electron chi connectivity index (χ1n) is 6.82. The predicted octanol–water partition coefficient (Wildman–Crippen LogP) is 1.54. The van der Waals surface area contributed by atoms with Gasteiger partial charge in [-0.05, 0) is 30.5 Å². The van der Waals surface area contributed by atoms with Crippen LogP contribution in [0.1, 0.15) is 18.4 Å². The number of carbonyl (C=O) groups is 1. The molecule has 0 aromatic heterocycles. The van der Waals surface area contributed by atoms with E-state index in [2.05, 4.69) is 5.32 Å². The minimum absolute atomic E-state index is 0.216. The monoisotopic (exact) mass is 314 g/mol. The fourth-order valence-corrected chi connectivity index (χ4v) is 3.45. The summed E-state index contributed by atoms with van der Waals surface area (Å²) in [6.45, 7) is 1.20. The van der Waals surface area contributed by atoms with Crippen molar-refractivity contribution in [2.24, 2.45) is 0 Å². The van der Waals surface area contributed by atoms with Crippen LogP contribution in [0.4, 0.5) is 9.18 Å². The third kappa shape index (κ3) is 4.42. The lowest BCUT2D eigenvalue weighted by Gasteiger charge is -2.31. The van der Waals surface area contributed by atoms with E-state index in [1.54, 1.807) is 17.0 Å². The summed E-state index contributed by atoms with van der Waals surface area (Å²) in [7, 11) is -3.03. The molecule has 1 aliphatic heterocycles. The SMILES string of the molecule is CS(=O)(=O)C1CCN(C(=O)NCc2ccc(F)cc2)CC1. The molecule has 0 aliphatic carbocycles. The van der Waals surface area contributed by atoms with Gasteiger partial charge in [0.25, 0.3) is 0 Å². The van der Waals surface area contributed by atoms with Gasteiger partial charge in [0.15, 0.2) is 0 Å². The maximum Gasteiger partial charge on any atom is 0.317 e. The van der Waals surface area contributed by atoms with Crippen LogP contribution in [0.5, 0.6) is 0 Å². The first-order valence-corrected chi connectivity index (χ1v) is 8.78. The molecule has 0 unspecified atom stereocenters. The number of halogens is 1. The lowest BCUT2D eigenvalue weighted by atomic mass is 10.1. The van der Waals surface area contributed by atoms with E-state index in [1.807, 2.05) is 0 Å². The van der Waals surface area contributed by atoms with E-state index >= 15 is 0 Å². The van der Waals surface area contributed by atoms with Crippen LogP contribution in [0, 0.1) is 5.82 Å². The highest BCUT2D eigenvalue weighted by Crippen LogP contribution is 2.17. The second-order valence-corrected chi connectivity index (χ2v) is 7.63. The van der Waals surface area contributed by atoms with Gasteiger partial charge in [0.1, 0.15) is 15.7 Å². The van der Waals surface area contributed by atoms with Crippen molar-refractivity contribution < 1.29 is 17.6 Å². The molecule has 116 valence electrons. The Balaban J connectivity index is 1.81. The number of hydrogen-bond donors (Lipinski definition) is 1. The molecule has 1 heterocycles. The second-order valence-electron chi connectivity index (χ2n) is 5.30. The zero-order valence-electron chi connectivity index (χ0n) is 11.9. The van der Waals surface area contributed by atoms with E-state index in [0.717, 1.165) is 5.56 Å². The number of hydrogen-bond acceptors (Lipinski definition) is 3. The summed E-state index contributed by atoms with van der Waals surface area (Å²) >= 11 is 0. The van der Waals surface area contributed by atoms with Crippen molar-refractivity contribution in [1.29, 1.82) is 0 Å². The number of nitrogens with zero attached hydrogens (tertiary/aromatic N) is 1. The van der Waals surface area contributed by atoms with E-state index in [0.29, 0.717) is 32.5 Å².